The highest BCUT2D eigenvalue weighted by Gasteiger charge is 2.29. The zero-order valence-electron chi connectivity index (χ0n) is 15.4. The summed E-state index contributed by atoms with van der Waals surface area (Å²) in [5.41, 5.74) is 2.91. The van der Waals surface area contributed by atoms with Gasteiger partial charge in [0.1, 0.15) is 0 Å². The Morgan fingerprint density at radius 3 is 2.81 bits per heavy atom. The fourth-order valence-corrected chi connectivity index (χ4v) is 4.02. The largest absolute Gasteiger partial charge is 0.350 e. The number of aryl methyl sites for hydroxylation is 1. The Balaban J connectivity index is 1.36. The van der Waals surface area contributed by atoms with Gasteiger partial charge in [0.2, 0.25) is 11.7 Å². The standard InChI is InChI=1S/C21H25N3O3/c25-19(13-15-7-2-1-3-8-15)24-12-6-9-16(14-24)22-21(26)20-17-10-4-5-11-18(17)23-27-20/h1-3,7-8,16H,4-6,9-14H2,(H,22,26). The summed E-state index contributed by atoms with van der Waals surface area (Å²) < 4.78 is 5.33. The smallest absolute Gasteiger partial charge is 0.290 e. The second-order valence-electron chi connectivity index (χ2n) is 7.46. The minimum absolute atomic E-state index is 0.0460. The van der Waals surface area contributed by atoms with Crippen LogP contribution in [0.4, 0.5) is 0 Å². The van der Waals surface area contributed by atoms with E-state index in [2.05, 4.69) is 10.5 Å². The van der Waals surface area contributed by atoms with Crippen molar-refractivity contribution in [2.75, 3.05) is 13.1 Å². The fourth-order valence-electron chi connectivity index (χ4n) is 4.02. The van der Waals surface area contributed by atoms with Crippen LogP contribution >= 0.6 is 0 Å². The minimum atomic E-state index is -0.201. The Hall–Kier alpha value is -2.63. The molecule has 142 valence electrons. The third kappa shape index (κ3) is 4.04. The lowest BCUT2D eigenvalue weighted by molar-refractivity contribution is -0.131. The lowest BCUT2D eigenvalue weighted by atomic mass is 9.95. The van der Waals surface area contributed by atoms with Crippen molar-refractivity contribution in [1.29, 1.82) is 0 Å². The van der Waals surface area contributed by atoms with E-state index in [1.807, 2.05) is 35.2 Å². The van der Waals surface area contributed by atoms with Crippen molar-refractivity contribution in [2.24, 2.45) is 0 Å². The number of nitrogens with zero attached hydrogens (tertiary/aromatic N) is 2. The van der Waals surface area contributed by atoms with E-state index >= 15 is 0 Å². The van der Waals surface area contributed by atoms with Crippen molar-refractivity contribution in [2.45, 2.75) is 51.0 Å². The Bertz CT molecular complexity index is 815. The van der Waals surface area contributed by atoms with Gasteiger partial charge in [-0.2, -0.15) is 0 Å². The summed E-state index contributed by atoms with van der Waals surface area (Å²) in [6.45, 7) is 1.30. The van der Waals surface area contributed by atoms with Crippen molar-refractivity contribution in [3.8, 4) is 0 Å². The van der Waals surface area contributed by atoms with E-state index in [4.69, 9.17) is 4.52 Å². The summed E-state index contributed by atoms with van der Waals surface area (Å²) in [6, 6.07) is 9.72. The van der Waals surface area contributed by atoms with Crippen molar-refractivity contribution >= 4 is 11.8 Å². The first kappa shape index (κ1) is 17.8. The number of likely N-dealkylation sites (tertiary alicyclic amines) is 1. The number of benzene rings is 1. The van der Waals surface area contributed by atoms with E-state index in [1.165, 1.54) is 0 Å². The number of piperidine rings is 1. The predicted molar refractivity (Wildman–Crippen MR) is 100 cm³/mol. The van der Waals surface area contributed by atoms with Crippen LogP contribution in [0.2, 0.25) is 0 Å². The van der Waals surface area contributed by atoms with Gasteiger partial charge in [-0.05, 0) is 44.1 Å². The molecule has 4 rings (SSSR count). The van der Waals surface area contributed by atoms with Gasteiger partial charge in [-0.25, -0.2) is 0 Å². The first-order valence-corrected chi connectivity index (χ1v) is 9.80. The van der Waals surface area contributed by atoms with E-state index in [1.54, 1.807) is 0 Å². The fraction of sp³-hybridized carbons (Fsp3) is 0.476. The van der Waals surface area contributed by atoms with Crippen LogP contribution in [0.3, 0.4) is 0 Å². The zero-order chi connectivity index (χ0) is 18.6. The van der Waals surface area contributed by atoms with Crippen LogP contribution in [0.25, 0.3) is 0 Å². The van der Waals surface area contributed by atoms with Crippen molar-refractivity contribution in [3.05, 3.63) is 52.9 Å². The molecule has 1 fully saturated rings. The quantitative estimate of drug-likeness (QED) is 0.901. The molecule has 2 aromatic rings. The molecule has 27 heavy (non-hydrogen) atoms. The number of fused-ring (bicyclic) bond motifs is 1. The lowest BCUT2D eigenvalue weighted by Crippen LogP contribution is -2.50. The lowest BCUT2D eigenvalue weighted by Gasteiger charge is -2.33. The molecule has 6 nitrogen and oxygen atoms in total. The molecular formula is C21H25N3O3. The Labute approximate surface area is 158 Å². The van der Waals surface area contributed by atoms with Gasteiger partial charge in [0.25, 0.3) is 5.91 Å². The van der Waals surface area contributed by atoms with Crippen LogP contribution in [0, 0.1) is 0 Å². The molecule has 1 aromatic carbocycles. The maximum Gasteiger partial charge on any atom is 0.290 e. The van der Waals surface area contributed by atoms with Gasteiger partial charge in [0.05, 0.1) is 12.1 Å². The van der Waals surface area contributed by atoms with E-state index in [-0.39, 0.29) is 17.9 Å². The summed E-state index contributed by atoms with van der Waals surface area (Å²) in [6.07, 6.45) is 6.07. The van der Waals surface area contributed by atoms with Crippen LogP contribution in [0.5, 0.6) is 0 Å². The third-order valence-electron chi connectivity index (χ3n) is 5.47. The Morgan fingerprint density at radius 2 is 1.96 bits per heavy atom. The van der Waals surface area contributed by atoms with Gasteiger partial charge in [0, 0.05) is 24.7 Å². The molecule has 2 aliphatic rings. The van der Waals surface area contributed by atoms with Crippen LogP contribution < -0.4 is 5.32 Å². The molecule has 2 amide bonds. The van der Waals surface area contributed by atoms with Gasteiger partial charge in [-0.3, -0.25) is 9.59 Å². The van der Waals surface area contributed by atoms with E-state index in [0.717, 1.165) is 61.9 Å². The van der Waals surface area contributed by atoms with Gasteiger partial charge in [-0.15, -0.1) is 0 Å². The molecule has 0 spiro atoms. The molecule has 1 saturated heterocycles. The van der Waals surface area contributed by atoms with Gasteiger partial charge in [-0.1, -0.05) is 35.5 Å². The molecule has 6 heteroatoms. The van der Waals surface area contributed by atoms with Crippen molar-refractivity contribution < 1.29 is 14.1 Å². The highest BCUT2D eigenvalue weighted by atomic mass is 16.5. The average molecular weight is 367 g/mol. The second kappa shape index (κ2) is 7.94. The maximum absolute atomic E-state index is 12.7. The van der Waals surface area contributed by atoms with Crippen LogP contribution in [0.1, 0.15) is 53.1 Å². The second-order valence-corrected chi connectivity index (χ2v) is 7.46. The zero-order valence-corrected chi connectivity index (χ0v) is 15.4. The number of carbonyl (C=O) groups excluding carboxylic acids is 2. The number of carbonyl (C=O) groups is 2. The molecule has 1 aliphatic heterocycles. The first-order chi connectivity index (χ1) is 13.2. The van der Waals surface area contributed by atoms with Crippen molar-refractivity contribution in [3.63, 3.8) is 0 Å². The highest BCUT2D eigenvalue weighted by molar-refractivity contribution is 5.93. The molecular weight excluding hydrogens is 342 g/mol. The maximum atomic E-state index is 12.7. The Kier molecular flexibility index (Phi) is 5.23. The van der Waals surface area contributed by atoms with E-state index in [9.17, 15) is 9.59 Å². The molecule has 1 atom stereocenters. The number of nitrogens with one attached hydrogen (secondary N) is 1. The molecule has 0 saturated carbocycles. The Morgan fingerprint density at radius 1 is 1.15 bits per heavy atom. The minimum Gasteiger partial charge on any atom is -0.350 e. The summed E-state index contributed by atoms with van der Waals surface area (Å²) in [7, 11) is 0. The van der Waals surface area contributed by atoms with Gasteiger partial charge in [0.15, 0.2) is 0 Å². The molecule has 0 bridgehead atoms. The molecule has 0 radical (unpaired) electrons. The number of hydrogen-bond donors (Lipinski definition) is 1. The SMILES string of the molecule is O=C(NC1CCCN(C(=O)Cc2ccccc2)C1)c1onc2c1CCCC2. The number of amides is 2. The molecule has 1 N–H and O–H groups in total. The monoisotopic (exact) mass is 367 g/mol. The van der Waals surface area contributed by atoms with E-state index < -0.39 is 0 Å². The van der Waals surface area contributed by atoms with Gasteiger partial charge < -0.3 is 14.7 Å². The summed E-state index contributed by atoms with van der Waals surface area (Å²) >= 11 is 0. The predicted octanol–water partition coefficient (Wildman–Crippen LogP) is 2.52. The number of hydrogen-bond acceptors (Lipinski definition) is 4. The summed E-state index contributed by atoms with van der Waals surface area (Å²) in [5.74, 6) is 0.266. The average Bonchev–Trinajstić information content (AvgIpc) is 3.13. The first-order valence-electron chi connectivity index (χ1n) is 9.80. The molecule has 1 unspecified atom stereocenters. The highest BCUT2D eigenvalue weighted by Crippen LogP contribution is 2.24. The number of aromatic nitrogens is 1. The molecule has 1 aromatic heterocycles. The van der Waals surface area contributed by atoms with Crippen LogP contribution in [-0.4, -0.2) is 41.0 Å². The topological polar surface area (TPSA) is 75.4 Å². The van der Waals surface area contributed by atoms with Gasteiger partial charge >= 0.3 is 0 Å². The third-order valence-corrected chi connectivity index (χ3v) is 5.47. The van der Waals surface area contributed by atoms with Crippen LogP contribution in [-0.2, 0) is 24.1 Å². The van der Waals surface area contributed by atoms with E-state index in [0.29, 0.717) is 18.7 Å². The summed E-state index contributed by atoms with van der Waals surface area (Å²) in [4.78, 5) is 27.1. The normalized spacial score (nSPS) is 19.4. The molecule has 2 heterocycles. The van der Waals surface area contributed by atoms with Crippen molar-refractivity contribution in [1.82, 2.24) is 15.4 Å². The number of rotatable bonds is 4. The molecule has 1 aliphatic carbocycles. The summed E-state index contributed by atoms with van der Waals surface area (Å²) in [5, 5.41) is 7.11. The van der Waals surface area contributed by atoms with Crippen LogP contribution in [0.15, 0.2) is 34.9 Å².